The highest BCUT2D eigenvalue weighted by atomic mass is 32.2. The average Bonchev–Trinajstić information content (AvgIpc) is 2.25. The summed E-state index contributed by atoms with van der Waals surface area (Å²) in [7, 11) is -1.44. The molecule has 1 fully saturated rings. The predicted octanol–water partition coefficient (Wildman–Crippen LogP) is -0.0133. The Morgan fingerprint density at radius 3 is 2.78 bits per heavy atom. The molecular weight excluding hydrogens is 258 g/mol. The number of rotatable bonds is 7. The van der Waals surface area contributed by atoms with Gasteiger partial charge in [0.15, 0.2) is 9.84 Å². The molecule has 1 N–H and O–H groups in total. The molecule has 1 unspecified atom stereocenters. The van der Waals surface area contributed by atoms with Gasteiger partial charge in [-0.05, 0) is 19.4 Å². The fourth-order valence-electron chi connectivity index (χ4n) is 2.17. The van der Waals surface area contributed by atoms with Gasteiger partial charge in [-0.1, -0.05) is 0 Å². The standard InChI is InChI=1S/C11H21NO5S/c1-17-6-3-2-4-12-5-7-18(15,16)9-10(12)8-11(13)14/h10H,2-9H2,1H3,(H,13,14). The lowest BCUT2D eigenvalue weighted by atomic mass is 10.1. The number of nitrogens with zero attached hydrogens (tertiary/aromatic N) is 1. The Morgan fingerprint density at radius 1 is 1.44 bits per heavy atom. The van der Waals surface area contributed by atoms with E-state index in [9.17, 15) is 13.2 Å². The molecule has 1 rings (SSSR count). The van der Waals surface area contributed by atoms with E-state index in [4.69, 9.17) is 9.84 Å². The van der Waals surface area contributed by atoms with Crippen molar-refractivity contribution in [2.24, 2.45) is 0 Å². The topological polar surface area (TPSA) is 83.9 Å². The first-order valence-electron chi connectivity index (χ1n) is 6.10. The van der Waals surface area contributed by atoms with Crippen molar-refractivity contribution in [2.75, 3.05) is 38.3 Å². The maximum Gasteiger partial charge on any atom is 0.304 e. The van der Waals surface area contributed by atoms with Crippen LogP contribution in [-0.2, 0) is 19.4 Å². The van der Waals surface area contributed by atoms with Crippen LogP contribution in [0, 0.1) is 0 Å². The van der Waals surface area contributed by atoms with Crippen LogP contribution in [0.1, 0.15) is 19.3 Å². The molecule has 0 aromatic heterocycles. The Labute approximate surface area is 108 Å². The van der Waals surface area contributed by atoms with Gasteiger partial charge in [-0.15, -0.1) is 0 Å². The van der Waals surface area contributed by atoms with Crippen molar-refractivity contribution < 1.29 is 23.1 Å². The maximum atomic E-state index is 11.5. The number of hydrogen-bond donors (Lipinski definition) is 1. The van der Waals surface area contributed by atoms with Crippen molar-refractivity contribution in [2.45, 2.75) is 25.3 Å². The number of unbranched alkanes of at least 4 members (excludes halogenated alkanes) is 1. The molecule has 1 aliphatic heterocycles. The molecule has 0 radical (unpaired) electrons. The molecule has 1 atom stereocenters. The number of hydrogen-bond acceptors (Lipinski definition) is 5. The number of methoxy groups -OCH3 is 1. The molecule has 106 valence electrons. The van der Waals surface area contributed by atoms with E-state index in [2.05, 4.69) is 0 Å². The minimum absolute atomic E-state index is 0.0381. The number of sulfone groups is 1. The molecule has 0 spiro atoms. The summed E-state index contributed by atoms with van der Waals surface area (Å²) < 4.78 is 28.0. The highest BCUT2D eigenvalue weighted by molar-refractivity contribution is 7.91. The van der Waals surface area contributed by atoms with Crippen LogP contribution in [0.2, 0.25) is 0 Å². The number of carboxylic acids is 1. The molecule has 7 heteroatoms. The number of carbonyl (C=O) groups is 1. The SMILES string of the molecule is COCCCCN1CCS(=O)(=O)CC1CC(=O)O. The highest BCUT2D eigenvalue weighted by Crippen LogP contribution is 2.15. The van der Waals surface area contributed by atoms with E-state index in [0.717, 1.165) is 19.4 Å². The minimum atomic E-state index is -3.08. The summed E-state index contributed by atoms with van der Waals surface area (Å²) in [6, 6.07) is -0.385. The third-order valence-corrected chi connectivity index (χ3v) is 4.80. The lowest BCUT2D eigenvalue weighted by molar-refractivity contribution is -0.138. The van der Waals surface area contributed by atoms with E-state index in [1.807, 2.05) is 4.90 Å². The van der Waals surface area contributed by atoms with Gasteiger partial charge in [-0.25, -0.2) is 8.42 Å². The lowest BCUT2D eigenvalue weighted by Gasteiger charge is -2.34. The van der Waals surface area contributed by atoms with Crippen LogP contribution in [0.4, 0.5) is 0 Å². The van der Waals surface area contributed by atoms with Crippen LogP contribution in [-0.4, -0.2) is 68.7 Å². The molecule has 0 aliphatic carbocycles. The zero-order valence-corrected chi connectivity index (χ0v) is 11.5. The van der Waals surface area contributed by atoms with Crippen molar-refractivity contribution in [1.29, 1.82) is 0 Å². The van der Waals surface area contributed by atoms with Gasteiger partial charge in [0.05, 0.1) is 17.9 Å². The summed E-state index contributed by atoms with van der Waals surface area (Å²) in [5.74, 6) is -0.851. The number of carboxylic acid groups (broad SMARTS) is 1. The monoisotopic (exact) mass is 279 g/mol. The van der Waals surface area contributed by atoms with Gasteiger partial charge >= 0.3 is 5.97 Å². The van der Waals surface area contributed by atoms with Crippen LogP contribution in [0.15, 0.2) is 0 Å². The Bertz CT molecular complexity index is 368. The number of aliphatic carboxylic acids is 1. The molecule has 18 heavy (non-hydrogen) atoms. The van der Waals surface area contributed by atoms with Gasteiger partial charge in [-0.2, -0.15) is 0 Å². The zero-order valence-electron chi connectivity index (χ0n) is 10.7. The first-order valence-corrected chi connectivity index (χ1v) is 7.92. The summed E-state index contributed by atoms with van der Waals surface area (Å²) in [6.45, 7) is 1.85. The molecule has 1 saturated heterocycles. The fourth-order valence-corrected chi connectivity index (χ4v) is 3.76. The molecule has 6 nitrogen and oxygen atoms in total. The van der Waals surface area contributed by atoms with E-state index in [1.54, 1.807) is 7.11 Å². The molecule has 1 aliphatic rings. The second-order valence-corrected chi connectivity index (χ2v) is 6.83. The summed E-state index contributed by atoms with van der Waals surface area (Å²) in [6.07, 6.45) is 1.69. The van der Waals surface area contributed by atoms with E-state index >= 15 is 0 Å². The second-order valence-electron chi connectivity index (χ2n) is 4.60. The van der Waals surface area contributed by atoms with E-state index in [0.29, 0.717) is 13.2 Å². The Morgan fingerprint density at radius 2 is 2.17 bits per heavy atom. The molecule has 0 saturated carbocycles. The largest absolute Gasteiger partial charge is 0.481 e. The van der Waals surface area contributed by atoms with Gasteiger partial charge < -0.3 is 9.84 Å². The van der Waals surface area contributed by atoms with Crippen LogP contribution in [0.25, 0.3) is 0 Å². The van der Waals surface area contributed by atoms with E-state index < -0.39 is 15.8 Å². The summed E-state index contributed by atoms with van der Waals surface area (Å²) >= 11 is 0. The van der Waals surface area contributed by atoms with Gasteiger partial charge in [0.25, 0.3) is 0 Å². The third-order valence-electron chi connectivity index (χ3n) is 3.11. The highest BCUT2D eigenvalue weighted by Gasteiger charge is 2.32. The summed E-state index contributed by atoms with van der Waals surface area (Å²) in [5, 5.41) is 8.82. The van der Waals surface area contributed by atoms with Crippen LogP contribution in [0.3, 0.4) is 0 Å². The first kappa shape index (κ1) is 15.4. The quantitative estimate of drug-likeness (QED) is 0.660. The summed E-state index contributed by atoms with van der Waals surface area (Å²) in [5.41, 5.74) is 0. The predicted molar refractivity (Wildman–Crippen MR) is 67.4 cm³/mol. The van der Waals surface area contributed by atoms with Crippen molar-refractivity contribution in [1.82, 2.24) is 4.90 Å². The minimum Gasteiger partial charge on any atom is -0.481 e. The van der Waals surface area contributed by atoms with Gasteiger partial charge in [-0.3, -0.25) is 9.69 Å². The Hall–Kier alpha value is -0.660. The third kappa shape index (κ3) is 5.32. The average molecular weight is 279 g/mol. The lowest BCUT2D eigenvalue weighted by Crippen LogP contribution is -2.49. The molecular formula is C11H21NO5S. The Balaban J connectivity index is 2.50. The van der Waals surface area contributed by atoms with Crippen molar-refractivity contribution >= 4 is 15.8 Å². The molecule has 1 heterocycles. The molecule has 0 bridgehead atoms. The van der Waals surface area contributed by atoms with Crippen LogP contribution < -0.4 is 0 Å². The van der Waals surface area contributed by atoms with Crippen LogP contribution in [0.5, 0.6) is 0 Å². The van der Waals surface area contributed by atoms with Gasteiger partial charge in [0.2, 0.25) is 0 Å². The van der Waals surface area contributed by atoms with Crippen molar-refractivity contribution in [3.63, 3.8) is 0 Å². The maximum absolute atomic E-state index is 11.5. The second kappa shape index (κ2) is 7.06. The van der Waals surface area contributed by atoms with Crippen molar-refractivity contribution in [3.05, 3.63) is 0 Å². The van der Waals surface area contributed by atoms with Gasteiger partial charge in [0, 0.05) is 26.3 Å². The van der Waals surface area contributed by atoms with Crippen molar-refractivity contribution in [3.8, 4) is 0 Å². The molecule has 0 aromatic carbocycles. The smallest absolute Gasteiger partial charge is 0.304 e. The number of ether oxygens (including phenoxy) is 1. The molecule has 0 aromatic rings. The van der Waals surface area contributed by atoms with E-state index in [-0.39, 0.29) is 24.0 Å². The normalized spacial score (nSPS) is 23.9. The Kier molecular flexibility index (Phi) is 6.04. The van der Waals surface area contributed by atoms with Crippen LogP contribution >= 0.6 is 0 Å². The zero-order chi connectivity index (χ0) is 13.6. The molecule has 0 amide bonds. The fraction of sp³-hybridized carbons (Fsp3) is 0.909. The van der Waals surface area contributed by atoms with Gasteiger partial charge in [0.1, 0.15) is 0 Å². The first-order chi connectivity index (χ1) is 8.44. The summed E-state index contributed by atoms with van der Waals surface area (Å²) in [4.78, 5) is 12.7. The van der Waals surface area contributed by atoms with E-state index in [1.165, 1.54) is 0 Å².